The number of hydrogen-bond donors (Lipinski definition) is 2. The van der Waals surface area contributed by atoms with Crippen LogP contribution in [0.2, 0.25) is 0 Å². The molecule has 2 heterocycles. The molecule has 2 aliphatic heterocycles. The summed E-state index contributed by atoms with van der Waals surface area (Å²) in [7, 11) is 0. The van der Waals surface area contributed by atoms with Crippen LogP contribution < -0.4 is 10.6 Å². The van der Waals surface area contributed by atoms with E-state index in [2.05, 4.69) is 23.6 Å². The summed E-state index contributed by atoms with van der Waals surface area (Å²) in [5.41, 5.74) is 1.49. The molecule has 2 aliphatic rings. The molecular formula is C15H28IN3OS. The van der Waals surface area contributed by atoms with E-state index in [4.69, 9.17) is 9.73 Å². The summed E-state index contributed by atoms with van der Waals surface area (Å²) in [4.78, 5) is 4.71. The van der Waals surface area contributed by atoms with Gasteiger partial charge in [-0.2, -0.15) is 11.8 Å². The monoisotopic (exact) mass is 425 g/mol. The smallest absolute Gasteiger partial charge is 0.191 e. The fourth-order valence-electron chi connectivity index (χ4n) is 2.47. The fourth-order valence-corrected chi connectivity index (χ4v) is 3.54. The standard InChI is InChI=1S/C15H27N3OS.HI/c1-2-16-15(18-14-4-3-11-20-12-14)17-8-5-13-6-9-19-10-7-13;/h6,14H,2-5,7-12H2,1H3,(H2,16,17,18);1H. The molecule has 0 aromatic rings. The zero-order valence-electron chi connectivity index (χ0n) is 12.9. The number of thioether (sulfide) groups is 1. The molecule has 0 spiro atoms. The van der Waals surface area contributed by atoms with E-state index in [0.29, 0.717) is 6.04 Å². The number of aliphatic imine (C=N–C) groups is 1. The average Bonchev–Trinajstić information content (AvgIpc) is 2.49. The van der Waals surface area contributed by atoms with E-state index in [1.54, 1.807) is 0 Å². The maximum absolute atomic E-state index is 5.33. The molecule has 2 N–H and O–H groups in total. The molecule has 0 amide bonds. The summed E-state index contributed by atoms with van der Waals surface area (Å²) in [5, 5.41) is 6.92. The maximum Gasteiger partial charge on any atom is 0.191 e. The molecule has 1 atom stereocenters. The fraction of sp³-hybridized carbons (Fsp3) is 0.800. The van der Waals surface area contributed by atoms with E-state index in [-0.39, 0.29) is 24.0 Å². The minimum atomic E-state index is 0. The molecular weight excluding hydrogens is 397 g/mol. The van der Waals surface area contributed by atoms with Crippen molar-refractivity contribution in [1.29, 1.82) is 0 Å². The van der Waals surface area contributed by atoms with Gasteiger partial charge in [0, 0.05) is 24.9 Å². The van der Waals surface area contributed by atoms with Crippen LogP contribution in [-0.2, 0) is 4.74 Å². The predicted molar refractivity (Wildman–Crippen MR) is 103 cm³/mol. The molecule has 0 aromatic carbocycles. The first kappa shape index (κ1) is 19.1. The molecule has 0 saturated carbocycles. The first-order valence-electron chi connectivity index (χ1n) is 7.76. The molecule has 4 nitrogen and oxygen atoms in total. The van der Waals surface area contributed by atoms with Crippen LogP contribution in [-0.4, -0.2) is 49.8 Å². The number of rotatable bonds is 5. The molecule has 1 fully saturated rings. The Labute approximate surface area is 150 Å². The van der Waals surface area contributed by atoms with Crippen LogP contribution in [0.25, 0.3) is 0 Å². The lowest BCUT2D eigenvalue weighted by Crippen LogP contribution is -2.45. The highest BCUT2D eigenvalue weighted by Crippen LogP contribution is 2.16. The van der Waals surface area contributed by atoms with Crippen LogP contribution in [0.4, 0.5) is 0 Å². The van der Waals surface area contributed by atoms with E-state index in [1.807, 2.05) is 11.8 Å². The number of nitrogens with zero attached hydrogens (tertiary/aromatic N) is 1. The van der Waals surface area contributed by atoms with Crippen LogP contribution in [0, 0.1) is 0 Å². The Hall–Kier alpha value is 0.0500. The summed E-state index contributed by atoms with van der Waals surface area (Å²) in [6.07, 6.45) is 6.91. The van der Waals surface area contributed by atoms with Crippen LogP contribution in [0.15, 0.2) is 16.6 Å². The van der Waals surface area contributed by atoms with Gasteiger partial charge in [-0.1, -0.05) is 11.6 Å². The SMILES string of the molecule is CCNC(=NCCC1=CCOCC1)NC1CCCSC1.I. The van der Waals surface area contributed by atoms with Gasteiger partial charge < -0.3 is 15.4 Å². The van der Waals surface area contributed by atoms with E-state index < -0.39 is 0 Å². The topological polar surface area (TPSA) is 45.7 Å². The number of hydrogen-bond acceptors (Lipinski definition) is 3. The van der Waals surface area contributed by atoms with E-state index in [0.717, 1.165) is 45.1 Å². The minimum Gasteiger partial charge on any atom is -0.377 e. The third-order valence-corrected chi connectivity index (χ3v) is 4.82. The predicted octanol–water partition coefficient (Wildman–Crippen LogP) is 2.79. The van der Waals surface area contributed by atoms with Crippen molar-refractivity contribution in [2.24, 2.45) is 4.99 Å². The van der Waals surface area contributed by atoms with Gasteiger partial charge >= 0.3 is 0 Å². The molecule has 122 valence electrons. The Morgan fingerprint density at radius 1 is 1.52 bits per heavy atom. The second-order valence-corrected chi connectivity index (χ2v) is 6.41. The highest BCUT2D eigenvalue weighted by atomic mass is 127. The molecule has 0 aliphatic carbocycles. The lowest BCUT2D eigenvalue weighted by atomic mass is 10.1. The Bertz CT molecular complexity index is 344. The molecule has 0 bridgehead atoms. The van der Waals surface area contributed by atoms with Gasteiger partial charge in [0.2, 0.25) is 0 Å². The highest BCUT2D eigenvalue weighted by molar-refractivity contribution is 14.0. The van der Waals surface area contributed by atoms with Crippen LogP contribution in [0.1, 0.15) is 32.6 Å². The molecule has 6 heteroatoms. The largest absolute Gasteiger partial charge is 0.377 e. The van der Waals surface area contributed by atoms with Crippen molar-refractivity contribution in [3.63, 3.8) is 0 Å². The minimum absolute atomic E-state index is 0. The number of nitrogens with one attached hydrogen (secondary N) is 2. The Balaban J connectivity index is 0.00000220. The molecule has 0 radical (unpaired) electrons. The van der Waals surface area contributed by atoms with Crippen LogP contribution in [0.5, 0.6) is 0 Å². The Morgan fingerprint density at radius 3 is 3.10 bits per heavy atom. The van der Waals surface area contributed by atoms with Gasteiger partial charge in [0.15, 0.2) is 5.96 Å². The summed E-state index contributed by atoms with van der Waals surface area (Å²) in [6, 6.07) is 0.578. The van der Waals surface area contributed by atoms with Gasteiger partial charge in [0.05, 0.1) is 13.2 Å². The zero-order valence-corrected chi connectivity index (χ0v) is 16.0. The van der Waals surface area contributed by atoms with Crippen molar-refractivity contribution in [1.82, 2.24) is 10.6 Å². The number of guanidine groups is 1. The molecule has 21 heavy (non-hydrogen) atoms. The quantitative estimate of drug-likeness (QED) is 0.308. The molecule has 0 aromatic heterocycles. The van der Waals surface area contributed by atoms with Crippen LogP contribution in [0.3, 0.4) is 0 Å². The third-order valence-electron chi connectivity index (χ3n) is 3.61. The molecule has 1 saturated heterocycles. The summed E-state index contributed by atoms with van der Waals surface area (Å²) >= 11 is 2.04. The van der Waals surface area contributed by atoms with Gasteiger partial charge in [-0.25, -0.2) is 0 Å². The van der Waals surface area contributed by atoms with Gasteiger partial charge in [0.25, 0.3) is 0 Å². The summed E-state index contributed by atoms with van der Waals surface area (Å²) in [5.74, 6) is 3.49. The first-order chi connectivity index (χ1) is 9.88. The normalized spacial score (nSPS) is 23.0. The second kappa shape index (κ2) is 11.6. The average molecular weight is 425 g/mol. The van der Waals surface area contributed by atoms with Crippen molar-refractivity contribution in [2.45, 2.75) is 38.6 Å². The third kappa shape index (κ3) is 7.74. The van der Waals surface area contributed by atoms with Crippen molar-refractivity contribution in [2.75, 3.05) is 37.8 Å². The Kier molecular flexibility index (Phi) is 10.5. The van der Waals surface area contributed by atoms with Gasteiger partial charge in [-0.3, -0.25) is 4.99 Å². The Morgan fingerprint density at radius 2 is 2.43 bits per heavy atom. The van der Waals surface area contributed by atoms with Crippen molar-refractivity contribution in [3.8, 4) is 0 Å². The number of halogens is 1. The first-order valence-corrected chi connectivity index (χ1v) is 8.92. The zero-order chi connectivity index (χ0) is 14.0. The van der Waals surface area contributed by atoms with E-state index >= 15 is 0 Å². The second-order valence-electron chi connectivity index (χ2n) is 5.26. The maximum atomic E-state index is 5.33. The summed E-state index contributed by atoms with van der Waals surface area (Å²) < 4.78 is 5.33. The van der Waals surface area contributed by atoms with Crippen molar-refractivity contribution >= 4 is 41.7 Å². The van der Waals surface area contributed by atoms with E-state index in [1.165, 1.54) is 29.9 Å². The summed E-state index contributed by atoms with van der Waals surface area (Å²) in [6.45, 7) is 5.54. The lowest BCUT2D eigenvalue weighted by Gasteiger charge is -2.24. The van der Waals surface area contributed by atoms with Crippen molar-refractivity contribution in [3.05, 3.63) is 11.6 Å². The van der Waals surface area contributed by atoms with Gasteiger partial charge in [-0.15, -0.1) is 24.0 Å². The van der Waals surface area contributed by atoms with Gasteiger partial charge in [-0.05, 0) is 38.4 Å². The van der Waals surface area contributed by atoms with Crippen LogP contribution >= 0.6 is 35.7 Å². The lowest BCUT2D eigenvalue weighted by molar-refractivity contribution is 0.153. The van der Waals surface area contributed by atoms with Crippen molar-refractivity contribution < 1.29 is 4.74 Å². The van der Waals surface area contributed by atoms with E-state index in [9.17, 15) is 0 Å². The molecule has 2 rings (SSSR count). The highest BCUT2D eigenvalue weighted by Gasteiger charge is 2.14. The molecule has 1 unspecified atom stereocenters. The number of ether oxygens (including phenoxy) is 1. The van der Waals surface area contributed by atoms with Gasteiger partial charge in [0.1, 0.15) is 0 Å².